The lowest BCUT2D eigenvalue weighted by Gasteiger charge is -2.11. The molecular weight excluding hydrogens is 444 g/mol. The molecule has 4 rings (SSSR count). The van der Waals surface area contributed by atoms with Gasteiger partial charge in [-0.25, -0.2) is 4.98 Å². The van der Waals surface area contributed by atoms with Crippen LogP contribution in [0.15, 0.2) is 90.0 Å². The standard InChI is InChI=1S/C28H24N2O5/c1-33-26-16-12-20(17-27(26)34-2)11-14-22(31)15-13-21-7-3-6-10-25(21)35-19-30-18-29-24-9-5-4-8-23(24)28(30)32/h3-18H,19H2,1-2H3/b14-11+,15-13+. The summed E-state index contributed by atoms with van der Waals surface area (Å²) in [6.45, 7) is -0.00529. The number of carbonyl (C=O) groups is 1. The molecule has 0 fully saturated rings. The third kappa shape index (κ3) is 5.65. The zero-order valence-corrected chi connectivity index (χ0v) is 19.4. The molecule has 0 aliphatic rings. The summed E-state index contributed by atoms with van der Waals surface area (Å²) in [7, 11) is 3.13. The molecule has 0 unspecified atom stereocenters. The summed E-state index contributed by atoms with van der Waals surface area (Å²) in [4.78, 5) is 29.4. The molecule has 35 heavy (non-hydrogen) atoms. The number of fused-ring (bicyclic) bond motifs is 1. The van der Waals surface area contributed by atoms with E-state index in [1.54, 1.807) is 62.8 Å². The number of hydrogen-bond acceptors (Lipinski definition) is 6. The Bertz CT molecular complexity index is 1470. The summed E-state index contributed by atoms with van der Waals surface area (Å²) in [6, 6.07) is 19.9. The minimum atomic E-state index is -0.190. The van der Waals surface area contributed by atoms with Crippen molar-refractivity contribution in [2.24, 2.45) is 0 Å². The molecule has 7 heteroatoms. The molecule has 0 amide bonds. The van der Waals surface area contributed by atoms with E-state index in [4.69, 9.17) is 14.2 Å². The summed E-state index contributed by atoms with van der Waals surface area (Å²) in [5.74, 6) is 1.56. The molecule has 1 aromatic heterocycles. The van der Waals surface area contributed by atoms with Crippen molar-refractivity contribution in [3.05, 3.63) is 107 Å². The molecule has 0 bridgehead atoms. The molecule has 0 saturated carbocycles. The van der Waals surface area contributed by atoms with E-state index < -0.39 is 0 Å². The van der Waals surface area contributed by atoms with E-state index in [0.29, 0.717) is 33.7 Å². The summed E-state index contributed by atoms with van der Waals surface area (Å²) in [6.07, 6.45) is 7.78. The second kappa shape index (κ2) is 11.0. The van der Waals surface area contributed by atoms with E-state index >= 15 is 0 Å². The number of ether oxygens (including phenoxy) is 3. The SMILES string of the molecule is COc1ccc(/C=C/C(=O)/C=C/c2ccccc2OCn2cnc3ccccc3c2=O)cc1OC. The Morgan fingerprint density at radius 1 is 0.886 bits per heavy atom. The van der Waals surface area contributed by atoms with E-state index in [2.05, 4.69) is 4.98 Å². The third-order valence-electron chi connectivity index (χ3n) is 5.28. The highest BCUT2D eigenvalue weighted by Gasteiger charge is 2.06. The van der Waals surface area contributed by atoms with E-state index in [0.717, 1.165) is 5.56 Å². The van der Waals surface area contributed by atoms with Crippen molar-refractivity contribution in [2.45, 2.75) is 6.73 Å². The van der Waals surface area contributed by atoms with Crippen molar-refractivity contribution >= 4 is 28.8 Å². The number of rotatable bonds is 9. The first kappa shape index (κ1) is 23.5. The summed E-state index contributed by atoms with van der Waals surface area (Å²) in [5, 5.41) is 0.527. The van der Waals surface area contributed by atoms with Gasteiger partial charge in [0.2, 0.25) is 0 Å². The first-order valence-electron chi connectivity index (χ1n) is 10.9. The lowest BCUT2D eigenvalue weighted by molar-refractivity contribution is -0.110. The number of para-hydroxylation sites is 2. The number of carbonyl (C=O) groups excluding carboxylic acids is 1. The Kier molecular flexibility index (Phi) is 7.37. The quantitative estimate of drug-likeness (QED) is 0.330. The van der Waals surface area contributed by atoms with Crippen molar-refractivity contribution in [1.82, 2.24) is 9.55 Å². The van der Waals surface area contributed by atoms with Crippen LogP contribution < -0.4 is 19.8 Å². The van der Waals surface area contributed by atoms with Crippen molar-refractivity contribution < 1.29 is 19.0 Å². The van der Waals surface area contributed by atoms with Crippen LogP contribution in [0.2, 0.25) is 0 Å². The Morgan fingerprint density at radius 2 is 1.63 bits per heavy atom. The average Bonchev–Trinajstić information content (AvgIpc) is 2.90. The second-order valence-electron chi connectivity index (χ2n) is 7.53. The van der Waals surface area contributed by atoms with Gasteiger partial charge >= 0.3 is 0 Å². The molecule has 0 N–H and O–H groups in total. The molecule has 0 saturated heterocycles. The van der Waals surface area contributed by atoms with Gasteiger partial charge in [0, 0.05) is 5.56 Å². The fraction of sp³-hybridized carbons (Fsp3) is 0.107. The first-order valence-corrected chi connectivity index (χ1v) is 10.9. The molecule has 0 radical (unpaired) electrons. The number of aromatic nitrogens is 2. The normalized spacial score (nSPS) is 11.3. The molecule has 3 aromatic carbocycles. The van der Waals surface area contributed by atoms with Crippen LogP contribution in [0.4, 0.5) is 0 Å². The second-order valence-corrected chi connectivity index (χ2v) is 7.53. The van der Waals surface area contributed by atoms with Gasteiger partial charge in [0.05, 0.1) is 25.1 Å². The van der Waals surface area contributed by atoms with E-state index in [9.17, 15) is 9.59 Å². The number of allylic oxidation sites excluding steroid dienone is 2. The van der Waals surface area contributed by atoms with Crippen LogP contribution >= 0.6 is 0 Å². The molecule has 7 nitrogen and oxygen atoms in total. The number of nitrogens with zero attached hydrogens (tertiary/aromatic N) is 2. The van der Waals surface area contributed by atoms with Gasteiger partial charge in [0.15, 0.2) is 24.0 Å². The third-order valence-corrected chi connectivity index (χ3v) is 5.28. The molecule has 1 heterocycles. The molecule has 176 valence electrons. The van der Waals surface area contributed by atoms with Crippen molar-refractivity contribution in [3.63, 3.8) is 0 Å². The van der Waals surface area contributed by atoms with Gasteiger partial charge in [-0.1, -0.05) is 42.5 Å². The lowest BCUT2D eigenvalue weighted by Crippen LogP contribution is -2.23. The maximum atomic E-state index is 12.7. The summed E-state index contributed by atoms with van der Waals surface area (Å²) < 4.78 is 17.8. The van der Waals surface area contributed by atoms with Crippen LogP contribution in [-0.2, 0) is 11.5 Å². The number of methoxy groups -OCH3 is 2. The van der Waals surface area contributed by atoms with Gasteiger partial charge in [0.25, 0.3) is 5.56 Å². The Morgan fingerprint density at radius 3 is 2.46 bits per heavy atom. The van der Waals surface area contributed by atoms with Crippen LogP contribution in [0.5, 0.6) is 17.2 Å². The highest BCUT2D eigenvalue weighted by molar-refractivity contribution is 6.04. The van der Waals surface area contributed by atoms with Crippen LogP contribution in [-0.4, -0.2) is 29.6 Å². The Hall–Kier alpha value is -4.65. The number of ketones is 1. The van der Waals surface area contributed by atoms with Gasteiger partial charge in [0.1, 0.15) is 12.1 Å². The monoisotopic (exact) mass is 468 g/mol. The highest BCUT2D eigenvalue weighted by Crippen LogP contribution is 2.28. The predicted molar refractivity (Wildman–Crippen MR) is 136 cm³/mol. The Labute approximate surface area is 202 Å². The van der Waals surface area contributed by atoms with Gasteiger partial charge < -0.3 is 14.2 Å². The minimum absolute atomic E-state index is 0.00529. The van der Waals surface area contributed by atoms with Gasteiger partial charge in [-0.3, -0.25) is 14.2 Å². The Balaban J connectivity index is 1.45. The predicted octanol–water partition coefficient (Wildman–Crippen LogP) is 4.75. The maximum absolute atomic E-state index is 12.7. The highest BCUT2D eigenvalue weighted by atomic mass is 16.5. The fourth-order valence-corrected chi connectivity index (χ4v) is 3.45. The van der Waals surface area contributed by atoms with Crippen molar-refractivity contribution in [3.8, 4) is 17.2 Å². The molecular formula is C28H24N2O5. The number of hydrogen-bond donors (Lipinski definition) is 0. The van der Waals surface area contributed by atoms with Gasteiger partial charge in [-0.05, 0) is 54.1 Å². The summed E-state index contributed by atoms with van der Waals surface area (Å²) >= 11 is 0. The average molecular weight is 469 g/mol. The molecule has 0 aliphatic heterocycles. The topological polar surface area (TPSA) is 79.7 Å². The van der Waals surface area contributed by atoms with E-state index in [1.165, 1.54) is 23.0 Å². The molecule has 0 aliphatic carbocycles. The van der Waals surface area contributed by atoms with Crippen LogP contribution in [0.1, 0.15) is 11.1 Å². The number of benzene rings is 3. The van der Waals surface area contributed by atoms with Crippen LogP contribution in [0.3, 0.4) is 0 Å². The van der Waals surface area contributed by atoms with Gasteiger partial charge in [-0.15, -0.1) is 0 Å². The summed E-state index contributed by atoms with van der Waals surface area (Å²) in [5.41, 5.74) is 1.97. The zero-order chi connectivity index (χ0) is 24.6. The fourth-order valence-electron chi connectivity index (χ4n) is 3.45. The minimum Gasteiger partial charge on any atom is -0.493 e. The zero-order valence-electron chi connectivity index (χ0n) is 19.4. The molecule has 4 aromatic rings. The van der Waals surface area contributed by atoms with Crippen LogP contribution in [0.25, 0.3) is 23.1 Å². The van der Waals surface area contributed by atoms with E-state index in [1.807, 2.05) is 30.3 Å². The van der Waals surface area contributed by atoms with Crippen LogP contribution in [0, 0.1) is 0 Å². The molecule has 0 atom stereocenters. The first-order chi connectivity index (χ1) is 17.1. The van der Waals surface area contributed by atoms with Crippen molar-refractivity contribution in [1.29, 1.82) is 0 Å². The van der Waals surface area contributed by atoms with E-state index in [-0.39, 0.29) is 18.1 Å². The lowest BCUT2D eigenvalue weighted by atomic mass is 10.1. The smallest absolute Gasteiger partial charge is 0.263 e. The van der Waals surface area contributed by atoms with Crippen molar-refractivity contribution in [2.75, 3.05) is 14.2 Å². The van der Waals surface area contributed by atoms with Gasteiger partial charge in [-0.2, -0.15) is 0 Å². The maximum Gasteiger partial charge on any atom is 0.263 e. The molecule has 0 spiro atoms. The largest absolute Gasteiger partial charge is 0.493 e.